The van der Waals surface area contributed by atoms with Crippen molar-refractivity contribution in [2.24, 2.45) is 0 Å². The fraction of sp³-hybridized carbons (Fsp3) is 0.818. The molecule has 1 aromatic heterocycles. The molecular formula is C11H21N3O. The van der Waals surface area contributed by atoms with E-state index < -0.39 is 0 Å². The maximum Gasteiger partial charge on any atom is 0.213 e. The minimum absolute atomic E-state index is 0.636. The third kappa shape index (κ3) is 4.93. The van der Waals surface area contributed by atoms with Gasteiger partial charge in [0.25, 0.3) is 0 Å². The van der Waals surface area contributed by atoms with Crippen molar-refractivity contribution < 1.29 is 4.52 Å². The molecule has 0 saturated heterocycles. The van der Waals surface area contributed by atoms with Gasteiger partial charge in [-0.3, -0.25) is 0 Å². The molecule has 0 aliphatic carbocycles. The summed E-state index contributed by atoms with van der Waals surface area (Å²) in [5, 5.41) is 7.30. The lowest BCUT2D eigenvalue weighted by Gasteiger charge is -2.15. The van der Waals surface area contributed by atoms with Gasteiger partial charge in [-0.2, -0.15) is 4.98 Å². The van der Waals surface area contributed by atoms with Crippen LogP contribution in [0, 0.1) is 0 Å². The summed E-state index contributed by atoms with van der Waals surface area (Å²) >= 11 is 0. The first kappa shape index (κ1) is 12.2. The summed E-state index contributed by atoms with van der Waals surface area (Å²) in [7, 11) is 0. The summed E-state index contributed by atoms with van der Waals surface area (Å²) in [6.07, 6.45) is 7.24. The lowest BCUT2D eigenvalue weighted by molar-refractivity contribution is 0.406. The molecule has 1 aromatic rings. The maximum atomic E-state index is 4.67. The van der Waals surface area contributed by atoms with Gasteiger partial charge < -0.3 is 9.84 Å². The molecule has 15 heavy (non-hydrogen) atoms. The monoisotopic (exact) mass is 211 g/mol. The molecule has 0 bridgehead atoms. The Balaban J connectivity index is 2.11. The van der Waals surface area contributed by atoms with Crippen LogP contribution < -0.4 is 5.32 Å². The number of hydrogen-bond donors (Lipinski definition) is 1. The summed E-state index contributed by atoms with van der Waals surface area (Å²) in [5.74, 6) is 0.785. The van der Waals surface area contributed by atoms with Gasteiger partial charge in [0.15, 0.2) is 5.82 Å². The topological polar surface area (TPSA) is 51.0 Å². The highest BCUT2D eigenvalue weighted by Gasteiger charge is 2.05. The minimum Gasteiger partial charge on any atom is -0.343 e. The zero-order valence-electron chi connectivity index (χ0n) is 9.70. The molecule has 0 radical (unpaired) electrons. The van der Waals surface area contributed by atoms with Crippen LogP contribution in [0.3, 0.4) is 0 Å². The van der Waals surface area contributed by atoms with Crippen LogP contribution >= 0.6 is 0 Å². The Labute approximate surface area is 91.5 Å². The quantitative estimate of drug-likeness (QED) is 0.716. The molecule has 0 amide bonds. The molecule has 0 fully saturated rings. The highest BCUT2D eigenvalue weighted by molar-refractivity contribution is 4.79. The number of unbranched alkanes of at least 4 members (excludes halogenated alkanes) is 1. The molecule has 4 heteroatoms. The van der Waals surface area contributed by atoms with E-state index in [1.54, 1.807) is 0 Å². The van der Waals surface area contributed by atoms with Crippen molar-refractivity contribution in [3.05, 3.63) is 12.2 Å². The molecule has 1 heterocycles. The molecule has 1 unspecified atom stereocenters. The van der Waals surface area contributed by atoms with E-state index in [0.717, 1.165) is 18.8 Å². The second-order valence-electron chi connectivity index (χ2n) is 3.80. The first-order valence-corrected chi connectivity index (χ1v) is 5.85. The molecule has 0 spiro atoms. The van der Waals surface area contributed by atoms with Gasteiger partial charge in [-0.1, -0.05) is 31.8 Å². The van der Waals surface area contributed by atoms with Crippen LogP contribution in [0.2, 0.25) is 0 Å². The Morgan fingerprint density at radius 3 is 2.93 bits per heavy atom. The van der Waals surface area contributed by atoms with E-state index in [9.17, 15) is 0 Å². The summed E-state index contributed by atoms with van der Waals surface area (Å²) < 4.78 is 4.67. The van der Waals surface area contributed by atoms with Crippen LogP contribution in [0.5, 0.6) is 0 Å². The molecule has 1 N–H and O–H groups in total. The first-order valence-electron chi connectivity index (χ1n) is 5.85. The number of aromatic nitrogens is 2. The van der Waals surface area contributed by atoms with Gasteiger partial charge in [0.1, 0.15) is 0 Å². The van der Waals surface area contributed by atoms with Crippen molar-refractivity contribution in [3.8, 4) is 0 Å². The van der Waals surface area contributed by atoms with E-state index in [4.69, 9.17) is 0 Å². The summed E-state index contributed by atoms with van der Waals surface area (Å²) in [4.78, 5) is 3.98. The zero-order valence-corrected chi connectivity index (χ0v) is 9.70. The molecule has 4 nitrogen and oxygen atoms in total. The largest absolute Gasteiger partial charge is 0.343 e. The van der Waals surface area contributed by atoms with E-state index >= 15 is 0 Å². The van der Waals surface area contributed by atoms with Crippen LogP contribution in [0.15, 0.2) is 10.9 Å². The van der Waals surface area contributed by atoms with E-state index in [1.807, 2.05) is 0 Å². The number of hydrogen-bond acceptors (Lipinski definition) is 4. The van der Waals surface area contributed by atoms with Crippen molar-refractivity contribution in [1.82, 2.24) is 15.5 Å². The van der Waals surface area contributed by atoms with Crippen molar-refractivity contribution >= 4 is 0 Å². The second kappa shape index (κ2) is 7.40. The van der Waals surface area contributed by atoms with Crippen LogP contribution in [-0.4, -0.2) is 22.7 Å². The number of rotatable bonds is 8. The summed E-state index contributed by atoms with van der Waals surface area (Å²) in [6.45, 7) is 5.38. The SMILES string of the molecule is CCCCC(CC)NCCc1ncon1. The van der Waals surface area contributed by atoms with Crippen molar-refractivity contribution in [2.45, 2.75) is 52.0 Å². The fourth-order valence-electron chi connectivity index (χ4n) is 1.59. The van der Waals surface area contributed by atoms with Crippen molar-refractivity contribution in [1.29, 1.82) is 0 Å². The predicted molar refractivity (Wildman–Crippen MR) is 59.6 cm³/mol. The summed E-state index contributed by atoms with van der Waals surface area (Å²) in [5.41, 5.74) is 0. The Kier molecular flexibility index (Phi) is 6.00. The number of nitrogens with one attached hydrogen (secondary N) is 1. The van der Waals surface area contributed by atoms with Crippen LogP contribution in [0.1, 0.15) is 45.4 Å². The standard InChI is InChI=1S/C11H21N3O/c1-3-5-6-10(4-2)12-8-7-11-13-9-15-14-11/h9-10,12H,3-8H2,1-2H3. The van der Waals surface area contributed by atoms with Gasteiger partial charge in [-0.05, 0) is 12.8 Å². The van der Waals surface area contributed by atoms with Crippen LogP contribution in [0.4, 0.5) is 0 Å². The molecule has 1 atom stereocenters. The summed E-state index contributed by atoms with van der Waals surface area (Å²) in [6, 6.07) is 0.636. The third-order valence-electron chi connectivity index (χ3n) is 2.59. The van der Waals surface area contributed by atoms with Gasteiger partial charge in [0.05, 0.1) is 0 Å². The predicted octanol–water partition coefficient (Wildman–Crippen LogP) is 2.17. The van der Waals surface area contributed by atoms with Gasteiger partial charge in [0, 0.05) is 19.0 Å². The Morgan fingerprint density at radius 1 is 1.47 bits per heavy atom. The third-order valence-corrected chi connectivity index (χ3v) is 2.59. The maximum absolute atomic E-state index is 4.67. The number of nitrogens with zero attached hydrogens (tertiary/aromatic N) is 2. The minimum atomic E-state index is 0.636. The molecule has 0 saturated carbocycles. The average Bonchev–Trinajstić information content (AvgIpc) is 2.76. The molecule has 1 rings (SSSR count). The Hall–Kier alpha value is -0.900. The fourth-order valence-corrected chi connectivity index (χ4v) is 1.59. The molecule has 0 aliphatic heterocycles. The molecule has 86 valence electrons. The van der Waals surface area contributed by atoms with E-state index in [2.05, 4.69) is 33.8 Å². The lowest BCUT2D eigenvalue weighted by Crippen LogP contribution is -2.30. The van der Waals surface area contributed by atoms with Gasteiger partial charge in [0.2, 0.25) is 6.39 Å². The van der Waals surface area contributed by atoms with Crippen LogP contribution in [0.25, 0.3) is 0 Å². The van der Waals surface area contributed by atoms with Crippen molar-refractivity contribution in [3.63, 3.8) is 0 Å². The molecular weight excluding hydrogens is 190 g/mol. The van der Waals surface area contributed by atoms with Gasteiger partial charge in [-0.15, -0.1) is 0 Å². The lowest BCUT2D eigenvalue weighted by atomic mass is 10.1. The Morgan fingerprint density at radius 2 is 2.33 bits per heavy atom. The van der Waals surface area contributed by atoms with E-state index in [0.29, 0.717) is 6.04 Å². The van der Waals surface area contributed by atoms with Gasteiger partial charge >= 0.3 is 0 Å². The molecule has 0 aliphatic rings. The average molecular weight is 211 g/mol. The van der Waals surface area contributed by atoms with Gasteiger partial charge in [-0.25, -0.2) is 0 Å². The first-order chi connectivity index (χ1) is 7.36. The molecule has 0 aromatic carbocycles. The van der Waals surface area contributed by atoms with E-state index in [-0.39, 0.29) is 0 Å². The zero-order chi connectivity index (χ0) is 10.9. The second-order valence-corrected chi connectivity index (χ2v) is 3.80. The smallest absolute Gasteiger partial charge is 0.213 e. The highest BCUT2D eigenvalue weighted by Crippen LogP contribution is 2.03. The normalized spacial score (nSPS) is 12.9. The van der Waals surface area contributed by atoms with Crippen LogP contribution in [-0.2, 0) is 6.42 Å². The van der Waals surface area contributed by atoms with Crippen molar-refractivity contribution in [2.75, 3.05) is 6.54 Å². The van der Waals surface area contributed by atoms with E-state index in [1.165, 1.54) is 32.1 Å². The Bertz CT molecular complexity index is 236. The highest BCUT2D eigenvalue weighted by atomic mass is 16.5.